The maximum Gasteiger partial charge on any atom is 0.123 e. The second-order valence-electron chi connectivity index (χ2n) is 6.42. The van der Waals surface area contributed by atoms with Crippen LogP contribution in [0.15, 0.2) is 59.4 Å². The Kier molecular flexibility index (Phi) is 5.24. The van der Waals surface area contributed by atoms with Crippen molar-refractivity contribution < 1.29 is 4.74 Å². The van der Waals surface area contributed by atoms with E-state index >= 15 is 0 Å². The average Bonchev–Trinajstić information content (AvgIpc) is 2.99. The van der Waals surface area contributed by atoms with Crippen molar-refractivity contribution in [3.63, 3.8) is 0 Å². The Bertz CT molecular complexity index is 653. The summed E-state index contributed by atoms with van der Waals surface area (Å²) < 4.78 is 6.07. The molecule has 0 bridgehead atoms. The molecular formula is C20H24ClNO. The van der Waals surface area contributed by atoms with Crippen LogP contribution in [0.4, 0.5) is 0 Å². The molecule has 2 nitrogen and oxygen atoms in total. The van der Waals surface area contributed by atoms with E-state index in [0.29, 0.717) is 6.61 Å². The number of hydrogen-bond donors (Lipinski definition) is 0. The summed E-state index contributed by atoms with van der Waals surface area (Å²) in [7, 11) is 0. The zero-order valence-corrected chi connectivity index (χ0v) is 14.3. The lowest BCUT2D eigenvalue weighted by Gasteiger charge is -2.19. The van der Waals surface area contributed by atoms with E-state index in [4.69, 9.17) is 4.74 Å². The van der Waals surface area contributed by atoms with E-state index < -0.39 is 0 Å². The molecule has 3 aliphatic rings. The van der Waals surface area contributed by atoms with Crippen LogP contribution < -0.4 is 0 Å². The summed E-state index contributed by atoms with van der Waals surface area (Å²) in [5.41, 5.74) is 5.59. The third-order valence-electron chi connectivity index (χ3n) is 4.96. The van der Waals surface area contributed by atoms with Crippen LogP contribution in [0.25, 0.3) is 0 Å². The van der Waals surface area contributed by atoms with Crippen molar-refractivity contribution in [1.82, 2.24) is 4.90 Å². The lowest BCUT2D eigenvalue weighted by Crippen LogP contribution is -2.19. The number of halogens is 1. The molecule has 2 aliphatic heterocycles. The Balaban J connectivity index is 0.00000156. The van der Waals surface area contributed by atoms with Gasteiger partial charge in [-0.2, -0.15) is 0 Å². The molecule has 1 aliphatic carbocycles. The predicted octanol–water partition coefficient (Wildman–Crippen LogP) is 4.42. The van der Waals surface area contributed by atoms with Crippen LogP contribution in [-0.4, -0.2) is 24.5 Å². The van der Waals surface area contributed by atoms with E-state index in [1.54, 1.807) is 0 Å². The molecule has 1 fully saturated rings. The predicted molar refractivity (Wildman–Crippen MR) is 96.7 cm³/mol. The molecule has 122 valence electrons. The van der Waals surface area contributed by atoms with Gasteiger partial charge < -0.3 is 4.74 Å². The minimum atomic E-state index is 0. The van der Waals surface area contributed by atoms with E-state index in [1.807, 2.05) is 0 Å². The molecule has 23 heavy (non-hydrogen) atoms. The maximum atomic E-state index is 6.07. The Labute approximate surface area is 144 Å². The SMILES string of the molecule is C1=CC2=C(Cc3ccccc3CO2)C(=CCN2CCCC2)C1.Cl. The lowest BCUT2D eigenvalue weighted by atomic mass is 9.90. The number of rotatable bonds is 2. The number of hydrogen-bond acceptors (Lipinski definition) is 2. The summed E-state index contributed by atoms with van der Waals surface area (Å²) in [5, 5.41) is 0. The highest BCUT2D eigenvalue weighted by Gasteiger charge is 2.20. The van der Waals surface area contributed by atoms with Gasteiger partial charge in [0.05, 0.1) is 0 Å². The van der Waals surface area contributed by atoms with Crippen LogP contribution in [0.3, 0.4) is 0 Å². The maximum absolute atomic E-state index is 6.07. The Hall–Kier alpha value is -1.51. The van der Waals surface area contributed by atoms with Crippen molar-refractivity contribution in [3.8, 4) is 0 Å². The summed E-state index contributed by atoms with van der Waals surface area (Å²) in [6.07, 6.45) is 11.6. The van der Waals surface area contributed by atoms with Gasteiger partial charge >= 0.3 is 0 Å². The third-order valence-corrected chi connectivity index (χ3v) is 4.96. The highest BCUT2D eigenvalue weighted by molar-refractivity contribution is 5.85. The highest BCUT2D eigenvalue weighted by atomic mass is 35.5. The van der Waals surface area contributed by atoms with E-state index in [1.165, 1.54) is 48.2 Å². The van der Waals surface area contributed by atoms with E-state index in [0.717, 1.165) is 25.1 Å². The van der Waals surface area contributed by atoms with Crippen molar-refractivity contribution in [2.75, 3.05) is 19.6 Å². The fourth-order valence-electron chi connectivity index (χ4n) is 3.64. The molecule has 1 aromatic carbocycles. The number of likely N-dealkylation sites (tertiary alicyclic amines) is 1. The third kappa shape index (κ3) is 3.54. The quantitative estimate of drug-likeness (QED) is 0.796. The topological polar surface area (TPSA) is 12.5 Å². The zero-order valence-electron chi connectivity index (χ0n) is 13.5. The molecule has 3 heteroatoms. The summed E-state index contributed by atoms with van der Waals surface area (Å²) in [6, 6.07) is 8.67. The van der Waals surface area contributed by atoms with Gasteiger partial charge in [-0.05, 0) is 55.1 Å². The zero-order chi connectivity index (χ0) is 14.8. The molecule has 0 saturated carbocycles. The first kappa shape index (κ1) is 16.4. The number of benzene rings is 1. The van der Waals surface area contributed by atoms with Gasteiger partial charge in [0.1, 0.15) is 12.4 Å². The molecule has 4 rings (SSSR count). The Morgan fingerprint density at radius 2 is 1.87 bits per heavy atom. The van der Waals surface area contributed by atoms with Crippen LogP contribution in [0.5, 0.6) is 0 Å². The average molecular weight is 330 g/mol. The van der Waals surface area contributed by atoms with Crippen LogP contribution >= 0.6 is 12.4 Å². The fourth-order valence-corrected chi connectivity index (χ4v) is 3.64. The van der Waals surface area contributed by atoms with Crippen molar-refractivity contribution in [3.05, 3.63) is 70.5 Å². The van der Waals surface area contributed by atoms with Crippen LogP contribution in [-0.2, 0) is 17.8 Å². The second kappa shape index (κ2) is 7.37. The fraction of sp³-hybridized carbons (Fsp3) is 0.400. The molecular weight excluding hydrogens is 306 g/mol. The first-order valence-corrected chi connectivity index (χ1v) is 8.41. The summed E-state index contributed by atoms with van der Waals surface area (Å²) >= 11 is 0. The smallest absolute Gasteiger partial charge is 0.123 e. The molecule has 1 aromatic rings. The van der Waals surface area contributed by atoms with Gasteiger partial charge in [0.2, 0.25) is 0 Å². The number of ether oxygens (including phenoxy) is 1. The number of allylic oxidation sites excluding steroid dienone is 4. The van der Waals surface area contributed by atoms with Gasteiger partial charge in [-0.3, -0.25) is 4.90 Å². The van der Waals surface area contributed by atoms with Crippen molar-refractivity contribution >= 4 is 12.4 Å². The first-order chi connectivity index (χ1) is 10.9. The van der Waals surface area contributed by atoms with Gasteiger partial charge in [-0.1, -0.05) is 36.4 Å². The van der Waals surface area contributed by atoms with Crippen LogP contribution in [0.2, 0.25) is 0 Å². The monoisotopic (exact) mass is 329 g/mol. The standard InChI is InChI=1S/C20H23NO.ClH/c1-2-7-18-15-22-20-9-5-8-16(19(20)14-17(18)6-1)10-13-21-11-3-4-12-21;/h1-2,5-7,9-10H,3-4,8,11-15H2;1H. The molecule has 2 heterocycles. The summed E-state index contributed by atoms with van der Waals surface area (Å²) in [5.74, 6) is 1.08. The highest BCUT2D eigenvalue weighted by Crippen LogP contribution is 2.33. The molecule has 0 radical (unpaired) electrons. The Morgan fingerprint density at radius 1 is 1.09 bits per heavy atom. The number of fused-ring (bicyclic) bond motifs is 1. The van der Waals surface area contributed by atoms with Gasteiger partial charge in [0.15, 0.2) is 0 Å². The second-order valence-corrected chi connectivity index (χ2v) is 6.42. The van der Waals surface area contributed by atoms with Crippen molar-refractivity contribution in [2.24, 2.45) is 0 Å². The Morgan fingerprint density at radius 3 is 2.70 bits per heavy atom. The van der Waals surface area contributed by atoms with Gasteiger partial charge in [0, 0.05) is 18.5 Å². The molecule has 0 spiro atoms. The minimum Gasteiger partial charge on any atom is -0.489 e. The minimum absolute atomic E-state index is 0. The first-order valence-electron chi connectivity index (χ1n) is 8.41. The van der Waals surface area contributed by atoms with E-state index in [9.17, 15) is 0 Å². The lowest BCUT2D eigenvalue weighted by molar-refractivity contribution is 0.210. The van der Waals surface area contributed by atoms with E-state index in [2.05, 4.69) is 47.4 Å². The van der Waals surface area contributed by atoms with Crippen molar-refractivity contribution in [1.29, 1.82) is 0 Å². The summed E-state index contributed by atoms with van der Waals surface area (Å²) in [4.78, 5) is 2.55. The summed E-state index contributed by atoms with van der Waals surface area (Å²) in [6.45, 7) is 4.29. The molecule has 0 aromatic heterocycles. The number of nitrogens with zero attached hydrogens (tertiary/aromatic N) is 1. The molecule has 0 atom stereocenters. The normalized spacial score (nSPS) is 22.2. The molecule has 1 saturated heterocycles. The molecule has 0 N–H and O–H groups in total. The van der Waals surface area contributed by atoms with Gasteiger partial charge in [-0.25, -0.2) is 0 Å². The molecule has 0 unspecified atom stereocenters. The van der Waals surface area contributed by atoms with Crippen LogP contribution in [0.1, 0.15) is 30.4 Å². The van der Waals surface area contributed by atoms with E-state index in [-0.39, 0.29) is 12.4 Å². The largest absolute Gasteiger partial charge is 0.489 e. The van der Waals surface area contributed by atoms with Gasteiger partial charge in [-0.15, -0.1) is 12.4 Å². The molecule has 0 amide bonds. The van der Waals surface area contributed by atoms with Crippen LogP contribution in [0, 0.1) is 0 Å². The van der Waals surface area contributed by atoms with Crippen molar-refractivity contribution in [2.45, 2.75) is 32.3 Å². The van der Waals surface area contributed by atoms with Gasteiger partial charge in [0.25, 0.3) is 0 Å².